The molecule has 0 spiro atoms. The fraction of sp³-hybridized carbons (Fsp3) is 0.111. The van der Waals surface area contributed by atoms with Crippen molar-refractivity contribution < 1.29 is 4.39 Å². The van der Waals surface area contributed by atoms with Crippen LogP contribution in [0, 0.1) is 9.39 Å². The van der Waals surface area contributed by atoms with Crippen LogP contribution in [0.4, 0.5) is 10.1 Å². The molecule has 0 fully saturated rings. The first-order chi connectivity index (χ1) is 6.15. The van der Waals surface area contributed by atoms with Crippen LogP contribution in [0.3, 0.4) is 0 Å². The van der Waals surface area contributed by atoms with E-state index in [1.165, 1.54) is 17.8 Å². The molecular formula is C9H9FINS. The first kappa shape index (κ1) is 10.8. The molecule has 70 valence electrons. The van der Waals surface area contributed by atoms with Crippen LogP contribution in [-0.4, -0.2) is 5.75 Å². The molecule has 0 atom stereocenters. The number of rotatable bonds is 3. The van der Waals surface area contributed by atoms with Gasteiger partial charge in [-0.05, 0) is 34.7 Å². The first-order valence-corrected chi connectivity index (χ1v) is 5.69. The number of nitrogen functional groups attached to an aromatic ring is 1. The van der Waals surface area contributed by atoms with Gasteiger partial charge in [0.15, 0.2) is 0 Å². The zero-order valence-corrected chi connectivity index (χ0v) is 9.86. The highest BCUT2D eigenvalue weighted by Gasteiger charge is 2.05. The predicted octanol–water partition coefficient (Wildman–Crippen LogP) is 3.29. The Balaban J connectivity index is 2.94. The van der Waals surface area contributed by atoms with Gasteiger partial charge in [-0.2, -0.15) is 0 Å². The van der Waals surface area contributed by atoms with E-state index in [4.69, 9.17) is 5.73 Å². The smallest absolute Gasteiger partial charge is 0.137 e. The highest BCUT2D eigenvalue weighted by molar-refractivity contribution is 14.1. The van der Waals surface area contributed by atoms with Gasteiger partial charge in [-0.1, -0.05) is 6.08 Å². The van der Waals surface area contributed by atoms with Gasteiger partial charge in [-0.15, -0.1) is 18.3 Å². The molecule has 0 heterocycles. The number of nitrogens with two attached hydrogens (primary N) is 1. The molecular weight excluding hydrogens is 300 g/mol. The van der Waals surface area contributed by atoms with Crippen molar-refractivity contribution in [2.45, 2.75) is 4.90 Å². The number of hydrogen-bond donors (Lipinski definition) is 1. The molecule has 0 aliphatic carbocycles. The average Bonchev–Trinajstić information content (AvgIpc) is 2.09. The Bertz CT molecular complexity index is 328. The van der Waals surface area contributed by atoms with Crippen LogP contribution < -0.4 is 5.73 Å². The van der Waals surface area contributed by atoms with Gasteiger partial charge in [-0.25, -0.2) is 4.39 Å². The van der Waals surface area contributed by atoms with Crippen LogP contribution >= 0.6 is 34.4 Å². The summed E-state index contributed by atoms with van der Waals surface area (Å²) >= 11 is 3.40. The summed E-state index contributed by atoms with van der Waals surface area (Å²) in [5.41, 5.74) is 6.33. The normalized spacial score (nSPS) is 10.0. The molecule has 0 amide bonds. The van der Waals surface area contributed by atoms with Gasteiger partial charge in [0.25, 0.3) is 0 Å². The van der Waals surface area contributed by atoms with Gasteiger partial charge >= 0.3 is 0 Å². The van der Waals surface area contributed by atoms with E-state index in [9.17, 15) is 4.39 Å². The molecule has 1 aromatic carbocycles. The Morgan fingerprint density at radius 1 is 1.62 bits per heavy atom. The first-order valence-electron chi connectivity index (χ1n) is 3.63. The molecule has 0 aromatic heterocycles. The van der Waals surface area contributed by atoms with Gasteiger partial charge in [0.2, 0.25) is 0 Å². The summed E-state index contributed by atoms with van der Waals surface area (Å²) in [6.07, 6.45) is 1.76. The maximum Gasteiger partial charge on any atom is 0.137 e. The quantitative estimate of drug-likeness (QED) is 0.401. The van der Waals surface area contributed by atoms with Crippen molar-refractivity contribution in [1.29, 1.82) is 0 Å². The minimum absolute atomic E-state index is 0.221. The zero-order chi connectivity index (χ0) is 9.84. The Kier molecular flexibility index (Phi) is 4.05. The monoisotopic (exact) mass is 309 g/mol. The molecule has 1 rings (SSSR count). The third kappa shape index (κ3) is 2.87. The molecule has 1 aromatic rings. The van der Waals surface area contributed by atoms with E-state index in [1.807, 2.05) is 22.6 Å². The number of benzene rings is 1. The van der Waals surface area contributed by atoms with E-state index in [0.717, 1.165) is 10.6 Å². The summed E-state index contributed by atoms with van der Waals surface area (Å²) < 4.78 is 13.6. The van der Waals surface area contributed by atoms with Crippen molar-refractivity contribution in [3.63, 3.8) is 0 Å². The van der Waals surface area contributed by atoms with Crippen LogP contribution in [-0.2, 0) is 0 Å². The lowest BCUT2D eigenvalue weighted by molar-refractivity contribution is 0.617. The third-order valence-corrected chi connectivity index (χ3v) is 3.30. The van der Waals surface area contributed by atoms with Crippen molar-refractivity contribution in [3.05, 3.63) is 34.2 Å². The van der Waals surface area contributed by atoms with Crippen molar-refractivity contribution in [1.82, 2.24) is 0 Å². The fourth-order valence-electron chi connectivity index (χ4n) is 0.818. The van der Waals surface area contributed by atoms with Gasteiger partial charge in [0.1, 0.15) is 5.82 Å². The lowest BCUT2D eigenvalue weighted by atomic mass is 10.3. The van der Waals surface area contributed by atoms with Crippen LogP contribution in [0.15, 0.2) is 29.7 Å². The van der Waals surface area contributed by atoms with Crippen molar-refractivity contribution >= 4 is 40.0 Å². The van der Waals surface area contributed by atoms with Crippen molar-refractivity contribution in [2.75, 3.05) is 11.5 Å². The van der Waals surface area contributed by atoms with E-state index in [1.54, 1.807) is 12.1 Å². The summed E-state index contributed by atoms with van der Waals surface area (Å²) in [6, 6.07) is 3.10. The van der Waals surface area contributed by atoms with E-state index in [2.05, 4.69) is 6.58 Å². The minimum atomic E-state index is -0.221. The van der Waals surface area contributed by atoms with Crippen LogP contribution in [0.1, 0.15) is 0 Å². The molecule has 2 N–H and O–H groups in total. The summed E-state index contributed by atoms with van der Waals surface area (Å²) in [4.78, 5) is 0.776. The third-order valence-electron chi connectivity index (χ3n) is 1.41. The Labute approximate surface area is 94.7 Å². The molecule has 1 nitrogen and oxygen atoms in total. The minimum Gasteiger partial charge on any atom is -0.398 e. The van der Waals surface area contributed by atoms with Crippen LogP contribution in [0.25, 0.3) is 0 Å². The molecule has 0 saturated heterocycles. The second-order valence-electron chi connectivity index (χ2n) is 2.40. The van der Waals surface area contributed by atoms with Crippen molar-refractivity contribution in [2.24, 2.45) is 0 Å². The van der Waals surface area contributed by atoms with Crippen LogP contribution in [0.5, 0.6) is 0 Å². The van der Waals surface area contributed by atoms with Crippen LogP contribution in [0.2, 0.25) is 0 Å². The molecule has 0 radical (unpaired) electrons. The standard InChI is InChI=1S/C9H9FINS/c1-2-3-13-9-4-6(10)7(11)5-8(9)12/h2,4-5H,1,3,12H2. The lowest BCUT2D eigenvalue weighted by Gasteiger charge is -2.04. The topological polar surface area (TPSA) is 26.0 Å². The average molecular weight is 309 g/mol. The van der Waals surface area contributed by atoms with Gasteiger partial charge in [0.05, 0.1) is 3.57 Å². The molecule has 13 heavy (non-hydrogen) atoms. The van der Waals surface area contributed by atoms with E-state index in [-0.39, 0.29) is 5.82 Å². The molecule has 0 aliphatic rings. The molecule has 0 saturated carbocycles. The molecule has 0 unspecified atom stereocenters. The van der Waals surface area contributed by atoms with E-state index in [0.29, 0.717) is 9.26 Å². The zero-order valence-electron chi connectivity index (χ0n) is 6.89. The van der Waals surface area contributed by atoms with E-state index < -0.39 is 0 Å². The fourth-order valence-corrected chi connectivity index (χ4v) is 2.02. The highest BCUT2D eigenvalue weighted by atomic mass is 127. The number of thioether (sulfide) groups is 1. The molecule has 0 aliphatic heterocycles. The maximum absolute atomic E-state index is 13.1. The summed E-state index contributed by atoms with van der Waals surface area (Å²) in [7, 11) is 0. The second kappa shape index (κ2) is 4.85. The number of hydrogen-bond acceptors (Lipinski definition) is 2. The Morgan fingerprint density at radius 3 is 2.92 bits per heavy atom. The predicted molar refractivity (Wildman–Crippen MR) is 64.5 cm³/mol. The van der Waals surface area contributed by atoms with Gasteiger partial charge in [-0.3, -0.25) is 0 Å². The largest absolute Gasteiger partial charge is 0.398 e. The van der Waals surface area contributed by atoms with Gasteiger partial charge in [0, 0.05) is 16.3 Å². The maximum atomic E-state index is 13.1. The SMILES string of the molecule is C=CCSc1cc(F)c(I)cc1N. The molecule has 4 heteroatoms. The molecule has 0 bridgehead atoms. The summed E-state index contributed by atoms with van der Waals surface area (Å²) in [5.74, 6) is 0.519. The van der Waals surface area contributed by atoms with Gasteiger partial charge < -0.3 is 5.73 Å². The summed E-state index contributed by atoms with van der Waals surface area (Å²) in [5, 5.41) is 0. The lowest BCUT2D eigenvalue weighted by Crippen LogP contribution is -1.92. The number of halogens is 2. The summed E-state index contributed by atoms with van der Waals surface area (Å²) in [6.45, 7) is 3.59. The highest BCUT2D eigenvalue weighted by Crippen LogP contribution is 2.28. The van der Waals surface area contributed by atoms with Crippen molar-refractivity contribution in [3.8, 4) is 0 Å². The Morgan fingerprint density at radius 2 is 2.31 bits per heavy atom. The second-order valence-corrected chi connectivity index (χ2v) is 4.63. The Hall–Kier alpha value is -0.230. The number of anilines is 1. The van der Waals surface area contributed by atoms with E-state index >= 15 is 0 Å².